The number of fused-ring (bicyclic) bond motifs is 2. The molecule has 56 heavy (non-hydrogen) atoms. The van der Waals surface area contributed by atoms with Gasteiger partial charge in [-0.15, -0.1) is 12.6 Å². The molecule has 2 N–H and O–H groups in total. The van der Waals surface area contributed by atoms with Gasteiger partial charge < -0.3 is 24.8 Å². The normalized spacial score (nSPS) is 21.4. The van der Waals surface area contributed by atoms with E-state index >= 15 is 0 Å². The molecule has 12 nitrogen and oxygen atoms in total. The number of rotatable bonds is 8. The highest BCUT2D eigenvalue weighted by atomic mass is 32.1. The van der Waals surface area contributed by atoms with Crippen molar-refractivity contribution in [1.82, 2.24) is 24.9 Å². The second-order valence-corrected chi connectivity index (χ2v) is 15.5. The van der Waals surface area contributed by atoms with Crippen LogP contribution in [0.5, 0.6) is 5.75 Å². The van der Waals surface area contributed by atoms with Gasteiger partial charge in [0.1, 0.15) is 17.2 Å². The number of nitrogens with zero attached hydrogens (tertiary/aromatic N) is 5. The maximum atomic E-state index is 13.5. The zero-order valence-corrected chi connectivity index (χ0v) is 31.6. The third-order valence-corrected chi connectivity index (χ3v) is 12.1. The van der Waals surface area contributed by atoms with E-state index in [0.717, 1.165) is 87.2 Å². The van der Waals surface area contributed by atoms with Crippen LogP contribution in [0.25, 0.3) is 10.9 Å². The zero-order chi connectivity index (χ0) is 39.3. The summed E-state index contributed by atoms with van der Waals surface area (Å²) in [5, 5.41) is 10.1. The number of methoxy groups -OCH3 is 1. The molecule has 4 aliphatic heterocycles. The van der Waals surface area contributed by atoms with Crippen molar-refractivity contribution in [2.75, 3.05) is 50.1 Å². The van der Waals surface area contributed by atoms with E-state index < -0.39 is 35.0 Å². The van der Waals surface area contributed by atoms with E-state index in [-0.39, 0.29) is 36.3 Å². The van der Waals surface area contributed by atoms with Crippen molar-refractivity contribution in [3.8, 4) is 5.75 Å². The molecule has 2 atom stereocenters. The van der Waals surface area contributed by atoms with Gasteiger partial charge in [0.15, 0.2) is 0 Å². The van der Waals surface area contributed by atoms with Gasteiger partial charge in [-0.2, -0.15) is 18.3 Å². The summed E-state index contributed by atoms with van der Waals surface area (Å²) in [5.74, 6) is -0.777. The summed E-state index contributed by atoms with van der Waals surface area (Å²) >= 11 is 4.69. The molecule has 3 fully saturated rings. The number of ether oxygens (including phenoxy) is 1. The summed E-state index contributed by atoms with van der Waals surface area (Å²) in [4.78, 5) is 57.0. The highest BCUT2D eigenvalue weighted by Gasteiger charge is 2.44. The van der Waals surface area contributed by atoms with Crippen LogP contribution >= 0.6 is 12.6 Å². The van der Waals surface area contributed by atoms with E-state index in [9.17, 15) is 32.3 Å². The molecule has 3 aromatic carbocycles. The number of aromatic nitrogens is 2. The van der Waals surface area contributed by atoms with Gasteiger partial charge in [0, 0.05) is 73.6 Å². The van der Waals surface area contributed by atoms with E-state index in [1.165, 1.54) is 24.1 Å². The number of hydrogen-bond donors (Lipinski definition) is 3. The minimum Gasteiger partial charge on any atom is -0.494 e. The molecule has 1 aromatic heterocycles. The molecular formula is C40H42F3N7O5S. The number of piperidine rings is 3. The summed E-state index contributed by atoms with van der Waals surface area (Å²) in [7, 11) is 1.46. The Morgan fingerprint density at radius 2 is 1.75 bits per heavy atom. The Hall–Kier alpha value is -5.09. The highest BCUT2D eigenvalue weighted by molar-refractivity contribution is 7.80. The number of carbonyl (C=O) groups is 4. The van der Waals surface area contributed by atoms with Gasteiger partial charge in [-0.25, -0.2) is 0 Å². The summed E-state index contributed by atoms with van der Waals surface area (Å²) in [6.45, 7) is 4.63. The maximum Gasteiger partial charge on any atom is 0.416 e. The molecule has 4 aliphatic rings. The lowest BCUT2D eigenvalue weighted by molar-refractivity contribution is -0.138. The average Bonchev–Trinajstić information content (AvgIpc) is 3.71. The smallest absolute Gasteiger partial charge is 0.416 e. The first kappa shape index (κ1) is 37.8. The van der Waals surface area contributed by atoms with Crippen molar-refractivity contribution in [2.24, 2.45) is 5.92 Å². The van der Waals surface area contributed by atoms with Crippen molar-refractivity contribution >= 4 is 58.5 Å². The fourth-order valence-electron chi connectivity index (χ4n) is 8.47. The Morgan fingerprint density at radius 1 is 0.982 bits per heavy atom. The number of imide groups is 1. The lowest BCUT2D eigenvalue weighted by Crippen LogP contribution is -2.53. The number of alkyl halides is 3. The van der Waals surface area contributed by atoms with Crippen LogP contribution in [0.2, 0.25) is 0 Å². The molecule has 8 rings (SSSR count). The first-order valence-corrected chi connectivity index (χ1v) is 19.4. The van der Waals surface area contributed by atoms with Crippen LogP contribution in [0.3, 0.4) is 0 Å². The van der Waals surface area contributed by atoms with Gasteiger partial charge in [0.05, 0.1) is 29.9 Å². The Labute approximate surface area is 326 Å². The van der Waals surface area contributed by atoms with Gasteiger partial charge in [0.2, 0.25) is 11.8 Å². The van der Waals surface area contributed by atoms with Crippen molar-refractivity contribution in [1.29, 1.82) is 0 Å². The Morgan fingerprint density at radius 3 is 2.46 bits per heavy atom. The van der Waals surface area contributed by atoms with Crippen molar-refractivity contribution in [2.45, 2.75) is 62.2 Å². The molecule has 294 valence electrons. The summed E-state index contributed by atoms with van der Waals surface area (Å²) in [5.41, 5.74) is 2.35. The average molecular weight is 790 g/mol. The van der Waals surface area contributed by atoms with Crippen LogP contribution in [0.1, 0.15) is 81.8 Å². The molecule has 5 heterocycles. The molecule has 0 radical (unpaired) electrons. The molecule has 4 aromatic rings. The molecule has 0 aliphatic carbocycles. The number of amides is 4. The number of anilines is 2. The van der Waals surface area contributed by atoms with E-state index in [0.29, 0.717) is 28.4 Å². The lowest BCUT2D eigenvalue weighted by atomic mass is 9.94. The number of carbonyl (C=O) groups excluding carboxylic acids is 4. The number of hydrogen-bond acceptors (Lipinski definition) is 9. The first-order valence-electron chi connectivity index (χ1n) is 18.9. The van der Waals surface area contributed by atoms with Crippen LogP contribution in [-0.2, 0) is 15.8 Å². The second kappa shape index (κ2) is 15.1. The van der Waals surface area contributed by atoms with Gasteiger partial charge in [-0.1, -0.05) is 12.1 Å². The standard InChI is InChI=1S/C40H42F3N7O5S/c1-55-34-20-31-25(18-32(34)44-36(52)24-3-2-4-26(17-24)40(41,42)43)22-49(46-31)27-11-13-47(14-12-27)21-23-9-15-48(16-10-23)28-5-6-29-30(19-28)38(54)50(39(29)56)33-7-8-35(51)45-37(33)53/h2-6,17-20,22-23,27,33,39,56H,7-16,21H2,1H3,(H,44,52)(H,45,51,53). The lowest BCUT2D eigenvalue weighted by Gasteiger charge is -2.38. The van der Waals surface area contributed by atoms with E-state index in [4.69, 9.17) is 9.84 Å². The van der Waals surface area contributed by atoms with Crippen LogP contribution in [0, 0.1) is 5.92 Å². The first-order chi connectivity index (χ1) is 26.9. The van der Waals surface area contributed by atoms with E-state index in [1.54, 1.807) is 12.1 Å². The van der Waals surface area contributed by atoms with Crippen molar-refractivity contribution in [3.05, 3.63) is 83.0 Å². The van der Waals surface area contributed by atoms with Crippen molar-refractivity contribution in [3.63, 3.8) is 0 Å². The van der Waals surface area contributed by atoms with E-state index in [2.05, 4.69) is 33.1 Å². The molecule has 0 spiro atoms. The van der Waals surface area contributed by atoms with Gasteiger partial charge >= 0.3 is 6.18 Å². The topological polar surface area (TPSA) is 129 Å². The van der Waals surface area contributed by atoms with Crippen LogP contribution in [-0.4, -0.2) is 89.1 Å². The second-order valence-electron chi connectivity index (χ2n) is 15.0. The van der Waals surface area contributed by atoms with Crippen molar-refractivity contribution < 1.29 is 37.1 Å². The molecule has 2 unspecified atom stereocenters. The third-order valence-electron chi connectivity index (χ3n) is 11.6. The predicted octanol–water partition coefficient (Wildman–Crippen LogP) is 6.06. The molecule has 0 bridgehead atoms. The third kappa shape index (κ3) is 7.43. The number of likely N-dealkylation sites (tertiary alicyclic amines) is 1. The summed E-state index contributed by atoms with van der Waals surface area (Å²) < 4.78 is 47.1. The molecule has 4 amide bonds. The molecular weight excluding hydrogens is 748 g/mol. The Balaban J connectivity index is 0.841. The number of nitrogens with one attached hydrogen (secondary N) is 2. The van der Waals surface area contributed by atoms with Gasteiger partial charge in [0.25, 0.3) is 11.8 Å². The summed E-state index contributed by atoms with van der Waals surface area (Å²) in [6, 6.07) is 13.1. The van der Waals surface area contributed by atoms with Gasteiger partial charge in [-0.05, 0) is 80.0 Å². The zero-order valence-electron chi connectivity index (χ0n) is 30.7. The van der Waals surface area contributed by atoms with Crippen LogP contribution in [0.15, 0.2) is 60.8 Å². The highest BCUT2D eigenvalue weighted by Crippen LogP contribution is 2.41. The fourth-order valence-corrected chi connectivity index (χ4v) is 8.96. The molecule has 3 saturated heterocycles. The largest absolute Gasteiger partial charge is 0.494 e. The number of thiol groups is 1. The van der Waals surface area contributed by atoms with Crippen LogP contribution < -0.4 is 20.3 Å². The van der Waals surface area contributed by atoms with E-state index in [1.807, 2.05) is 29.1 Å². The molecule has 16 heteroatoms. The maximum absolute atomic E-state index is 13.5. The quantitative estimate of drug-likeness (QED) is 0.145. The monoisotopic (exact) mass is 789 g/mol. The number of benzene rings is 3. The van der Waals surface area contributed by atoms with Gasteiger partial charge in [-0.3, -0.25) is 29.2 Å². The predicted molar refractivity (Wildman–Crippen MR) is 206 cm³/mol. The minimum atomic E-state index is -4.56. The molecule has 0 saturated carbocycles. The SMILES string of the molecule is COc1cc2nn(C3CCN(CC4CCN(c5ccc6c(c5)C(=O)N(C5CCC(=O)NC5=O)C6S)CC4)CC3)cc2cc1NC(=O)c1cccc(C(F)(F)F)c1. The van der Waals surface area contributed by atoms with Crippen LogP contribution in [0.4, 0.5) is 24.5 Å². The fraction of sp³-hybridized carbons (Fsp3) is 0.425. The summed E-state index contributed by atoms with van der Waals surface area (Å²) in [6.07, 6.45) is 1.78. The number of halogens is 3. The Bertz CT molecular complexity index is 2200. The Kier molecular flexibility index (Phi) is 10.2. The minimum absolute atomic E-state index is 0.111.